The second kappa shape index (κ2) is 3.43. The van der Waals surface area contributed by atoms with Gasteiger partial charge >= 0.3 is 0 Å². The standard InChI is InChI=1S/C9H8N2/c10-7-9(11)6-8-4-2-1-3-5-8/h1-6H,11H2/b9-6-. The Balaban J connectivity index is 2.90. The van der Waals surface area contributed by atoms with E-state index in [-0.39, 0.29) is 5.70 Å². The molecule has 2 N–H and O–H groups in total. The Kier molecular flexibility index (Phi) is 2.29. The topological polar surface area (TPSA) is 49.8 Å². The lowest BCUT2D eigenvalue weighted by Crippen LogP contribution is -1.91. The predicted molar refractivity (Wildman–Crippen MR) is 44.2 cm³/mol. The average Bonchev–Trinajstić information content (AvgIpc) is 2.06. The highest BCUT2D eigenvalue weighted by molar-refractivity contribution is 5.55. The molecule has 0 saturated heterocycles. The third-order valence-corrected chi connectivity index (χ3v) is 1.25. The highest BCUT2D eigenvalue weighted by Crippen LogP contribution is 2.01. The van der Waals surface area contributed by atoms with Crippen molar-refractivity contribution >= 4 is 6.08 Å². The van der Waals surface area contributed by atoms with Crippen LogP contribution in [0.1, 0.15) is 5.56 Å². The van der Waals surface area contributed by atoms with E-state index in [0.717, 1.165) is 5.56 Å². The molecule has 11 heavy (non-hydrogen) atoms. The number of nitrogens with zero attached hydrogens (tertiary/aromatic N) is 1. The Bertz CT molecular complexity index is 293. The predicted octanol–water partition coefficient (Wildman–Crippen LogP) is 1.51. The summed E-state index contributed by atoms with van der Waals surface area (Å²) in [5, 5.41) is 8.35. The van der Waals surface area contributed by atoms with Crippen molar-refractivity contribution in [3.63, 3.8) is 0 Å². The minimum Gasteiger partial charge on any atom is -0.390 e. The van der Waals surface area contributed by atoms with E-state index in [1.54, 1.807) is 6.08 Å². The highest BCUT2D eigenvalue weighted by Gasteiger charge is 1.86. The summed E-state index contributed by atoms with van der Waals surface area (Å²) >= 11 is 0. The second-order valence-corrected chi connectivity index (χ2v) is 2.12. The van der Waals surface area contributed by atoms with Gasteiger partial charge in [-0.15, -0.1) is 0 Å². The summed E-state index contributed by atoms with van der Waals surface area (Å²) in [6, 6.07) is 11.4. The molecule has 0 aliphatic rings. The number of hydrogen-bond acceptors (Lipinski definition) is 2. The van der Waals surface area contributed by atoms with E-state index in [0.29, 0.717) is 0 Å². The minimum atomic E-state index is 0.233. The molecule has 0 aliphatic heterocycles. The SMILES string of the molecule is N#C/C(N)=C/c1ccccc1. The van der Waals surface area contributed by atoms with Gasteiger partial charge in [0.1, 0.15) is 11.8 Å². The summed E-state index contributed by atoms with van der Waals surface area (Å²) in [6.45, 7) is 0. The fourth-order valence-corrected chi connectivity index (χ4v) is 0.761. The second-order valence-electron chi connectivity index (χ2n) is 2.12. The van der Waals surface area contributed by atoms with Gasteiger partial charge in [0.2, 0.25) is 0 Å². The van der Waals surface area contributed by atoms with E-state index in [1.165, 1.54) is 0 Å². The van der Waals surface area contributed by atoms with Crippen LogP contribution in [0.25, 0.3) is 6.08 Å². The maximum Gasteiger partial charge on any atom is 0.117 e. The number of rotatable bonds is 1. The molecule has 0 amide bonds. The zero-order valence-corrected chi connectivity index (χ0v) is 5.99. The fourth-order valence-electron chi connectivity index (χ4n) is 0.761. The molecule has 0 unspecified atom stereocenters. The van der Waals surface area contributed by atoms with Crippen molar-refractivity contribution in [2.75, 3.05) is 0 Å². The Morgan fingerprint density at radius 1 is 1.36 bits per heavy atom. The van der Waals surface area contributed by atoms with Gasteiger partial charge in [-0.05, 0) is 11.6 Å². The lowest BCUT2D eigenvalue weighted by atomic mass is 10.2. The largest absolute Gasteiger partial charge is 0.390 e. The van der Waals surface area contributed by atoms with Gasteiger partial charge in [0, 0.05) is 0 Å². The van der Waals surface area contributed by atoms with Crippen molar-refractivity contribution in [2.24, 2.45) is 5.73 Å². The Hall–Kier alpha value is -1.75. The molecule has 0 aromatic heterocycles. The zero-order chi connectivity index (χ0) is 8.10. The molecule has 2 nitrogen and oxygen atoms in total. The van der Waals surface area contributed by atoms with Gasteiger partial charge in [0.05, 0.1) is 0 Å². The smallest absolute Gasteiger partial charge is 0.117 e. The van der Waals surface area contributed by atoms with Crippen LogP contribution in [-0.4, -0.2) is 0 Å². The molecule has 0 aliphatic carbocycles. The molecular weight excluding hydrogens is 136 g/mol. The number of benzene rings is 1. The summed E-state index contributed by atoms with van der Waals surface area (Å²) < 4.78 is 0. The summed E-state index contributed by atoms with van der Waals surface area (Å²) in [4.78, 5) is 0. The lowest BCUT2D eigenvalue weighted by Gasteiger charge is -1.90. The van der Waals surface area contributed by atoms with E-state index < -0.39 is 0 Å². The normalized spacial score (nSPS) is 10.6. The van der Waals surface area contributed by atoms with Crippen LogP contribution in [-0.2, 0) is 0 Å². The molecule has 2 heteroatoms. The van der Waals surface area contributed by atoms with Crippen molar-refractivity contribution in [1.82, 2.24) is 0 Å². The molecule has 0 saturated carbocycles. The van der Waals surface area contributed by atoms with Gasteiger partial charge < -0.3 is 5.73 Å². The monoisotopic (exact) mass is 144 g/mol. The van der Waals surface area contributed by atoms with Crippen molar-refractivity contribution in [2.45, 2.75) is 0 Å². The van der Waals surface area contributed by atoms with Gasteiger partial charge in [0.15, 0.2) is 0 Å². The zero-order valence-electron chi connectivity index (χ0n) is 5.99. The summed E-state index contributed by atoms with van der Waals surface area (Å²) in [7, 11) is 0. The van der Waals surface area contributed by atoms with Crippen LogP contribution in [0.15, 0.2) is 36.0 Å². The molecule has 0 radical (unpaired) electrons. The first kappa shape index (κ1) is 7.36. The first-order valence-electron chi connectivity index (χ1n) is 3.25. The maximum atomic E-state index is 8.35. The van der Waals surface area contributed by atoms with Gasteiger partial charge in [-0.3, -0.25) is 0 Å². The van der Waals surface area contributed by atoms with Crippen molar-refractivity contribution in [3.8, 4) is 6.07 Å². The van der Waals surface area contributed by atoms with Gasteiger partial charge in [0.25, 0.3) is 0 Å². The molecular formula is C9H8N2. The third-order valence-electron chi connectivity index (χ3n) is 1.25. The van der Waals surface area contributed by atoms with E-state index >= 15 is 0 Å². The molecule has 0 bridgehead atoms. The fraction of sp³-hybridized carbons (Fsp3) is 0. The first-order valence-corrected chi connectivity index (χ1v) is 3.25. The van der Waals surface area contributed by atoms with Crippen molar-refractivity contribution in [1.29, 1.82) is 5.26 Å². The van der Waals surface area contributed by atoms with Crippen LogP contribution in [0.5, 0.6) is 0 Å². The number of hydrogen-bond donors (Lipinski definition) is 1. The number of nitrogens with two attached hydrogens (primary N) is 1. The first-order chi connectivity index (χ1) is 5.33. The molecule has 1 rings (SSSR count). The quantitative estimate of drug-likeness (QED) is 0.607. The molecule has 1 aromatic carbocycles. The molecule has 0 heterocycles. The minimum absolute atomic E-state index is 0.233. The van der Waals surface area contributed by atoms with Crippen molar-refractivity contribution < 1.29 is 0 Å². The lowest BCUT2D eigenvalue weighted by molar-refractivity contribution is 1.41. The van der Waals surface area contributed by atoms with Crippen LogP contribution in [0.3, 0.4) is 0 Å². The highest BCUT2D eigenvalue weighted by atomic mass is 14.6. The van der Waals surface area contributed by atoms with Crippen LogP contribution >= 0.6 is 0 Å². The number of allylic oxidation sites excluding steroid dienone is 1. The molecule has 0 spiro atoms. The number of nitriles is 1. The van der Waals surface area contributed by atoms with Crippen molar-refractivity contribution in [3.05, 3.63) is 41.6 Å². The Labute approximate surface area is 65.6 Å². The summed E-state index contributed by atoms with van der Waals surface area (Å²) in [5.74, 6) is 0. The van der Waals surface area contributed by atoms with Gasteiger partial charge in [-0.1, -0.05) is 30.3 Å². The molecule has 1 aromatic rings. The maximum absolute atomic E-state index is 8.35. The van der Waals surface area contributed by atoms with Crippen LogP contribution in [0.2, 0.25) is 0 Å². The Morgan fingerprint density at radius 3 is 2.55 bits per heavy atom. The average molecular weight is 144 g/mol. The van der Waals surface area contributed by atoms with E-state index in [4.69, 9.17) is 11.0 Å². The molecule has 0 fully saturated rings. The van der Waals surface area contributed by atoms with E-state index in [2.05, 4.69) is 0 Å². The molecule has 0 atom stereocenters. The summed E-state index contributed by atoms with van der Waals surface area (Å²) in [6.07, 6.45) is 1.64. The van der Waals surface area contributed by atoms with Gasteiger partial charge in [-0.2, -0.15) is 5.26 Å². The van der Waals surface area contributed by atoms with Crippen LogP contribution in [0.4, 0.5) is 0 Å². The molecule has 54 valence electrons. The summed E-state index contributed by atoms with van der Waals surface area (Å²) in [5.41, 5.74) is 6.49. The van der Waals surface area contributed by atoms with E-state index in [1.807, 2.05) is 36.4 Å². The van der Waals surface area contributed by atoms with Gasteiger partial charge in [-0.25, -0.2) is 0 Å². The van der Waals surface area contributed by atoms with Crippen LogP contribution in [0, 0.1) is 11.3 Å². The van der Waals surface area contributed by atoms with E-state index in [9.17, 15) is 0 Å². The van der Waals surface area contributed by atoms with Crippen LogP contribution < -0.4 is 5.73 Å². The Morgan fingerprint density at radius 2 is 2.00 bits per heavy atom. The third kappa shape index (κ3) is 2.15.